The number of rotatable bonds is 5. The lowest BCUT2D eigenvalue weighted by Crippen LogP contribution is -2.55. The van der Waals surface area contributed by atoms with Crippen LogP contribution < -0.4 is 5.32 Å². The zero-order valence-electron chi connectivity index (χ0n) is 13.0. The minimum atomic E-state index is -0.0615. The van der Waals surface area contributed by atoms with Gasteiger partial charge in [0.1, 0.15) is 0 Å². The molecule has 0 atom stereocenters. The van der Waals surface area contributed by atoms with Crippen LogP contribution in [0.1, 0.15) is 19.5 Å². The molecule has 0 aromatic carbocycles. The number of aromatic nitrogens is 2. The van der Waals surface area contributed by atoms with Crippen molar-refractivity contribution in [3.63, 3.8) is 0 Å². The van der Waals surface area contributed by atoms with Gasteiger partial charge in [0.25, 0.3) is 0 Å². The van der Waals surface area contributed by atoms with Gasteiger partial charge in [-0.3, -0.25) is 14.1 Å². The van der Waals surface area contributed by atoms with Crippen LogP contribution in [0, 0.1) is 0 Å². The van der Waals surface area contributed by atoms with E-state index < -0.39 is 0 Å². The molecular formula is C15H22N4O2S. The quantitative estimate of drug-likeness (QED) is 0.898. The number of amides is 1. The molecule has 3 rings (SSSR count). The number of nitrogens with one attached hydrogen (secondary N) is 1. The fraction of sp³-hybridized carbons (Fsp3) is 0.600. The molecule has 1 saturated heterocycles. The number of fused-ring (bicyclic) bond motifs is 1. The summed E-state index contributed by atoms with van der Waals surface area (Å²) in [5.41, 5.74) is 0.752. The molecular weight excluding hydrogens is 300 g/mol. The molecule has 2 aromatic rings. The summed E-state index contributed by atoms with van der Waals surface area (Å²) < 4.78 is 7.33. The van der Waals surface area contributed by atoms with Crippen LogP contribution in [0.5, 0.6) is 0 Å². The van der Waals surface area contributed by atoms with Crippen molar-refractivity contribution in [1.82, 2.24) is 19.6 Å². The van der Waals surface area contributed by atoms with Crippen LogP contribution in [0.15, 0.2) is 17.8 Å². The summed E-state index contributed by atoms with van der Waals surface area (Å²) in [7, 11) is 0. The molecule has 22 heavy (non-hydrogen) atoms. The Morgan fingerprint density at radius 2 is 2.23 bits per heavy atom. The van der Waals surface area contributed by atoms with Gasteiger partial charge in [0.05, 0.1) is 25.3 Å². The Balaban J connectivity index is 1.51. The number of nitrogens with zero attached hydrogens (tertiary/aromatic N) is 3. The highest BCUT2D eigenvalue weighted by molar-refractivity contribution is 7.15. The molecule has 0 saturated carbocycles. The maximum absolute atomic E-state index is 12.1. The van der Waals surface area contributed by atoms with E-state index in [4.69, 9.17) is 4.74 Å². The van der Waals surface area contributed by atoms with E-state index in [1.165, 1.54) is 0 Å². The molecule has 1 fully saturated rings. The molecule has 6 nitrogen and oxygen atoms in total. The van der Waals surface area contributed by atoms with Gasteiger partial charge in [-0.25, -0.2) is 4.98 Å². The molecule has 7 heteroatoms. The van der Waals surface area contributed by atoms with Crippen molar-refractivity contribution in [2.24, 2.45) is 0 Å². The van der Waals surface area contributed by atoms with E-state index in [0.29, 0.717) is 13.0 Å². The van der Waals surface area contributed by atoms with Crippen molar-refractivity contribution in [1.29, 1.82) is 0 Å². The van der Waals surface area contributed by atoms with Crippen LogP contribution in [-0.2, 0) is 16.0 Å². The van der Waals surface area contributed by atoms with Crippen LogP contribution in [0.2, 0.25) is 0 Å². The lowest BCUT2D eigenvalue weighted by molar-refractivity contribution is -0.121. The average Bonchev–Trinajstić information content (AvgIpc) is 3.07. The smallest absolute Gasteiger partial charge is 0.226 e. The fourth-order valence-electron chi connectivity index (χ4n) is 2.68. The monoisotopic (exact) mass is 322 g/mol. The summed E-state index contributed by atoms with van der Waals surface area (Å²) in [5.74, 6) is 0.0205. The summed E-state index contributed by atoms with van der Waals surface area (Å²) in [5, 5.41) is 5.02. The van der Waals surface area contributed by atoms with Gasteiger partial charge in [0.2, 0.25) is 5.91 Å². The van der Waals surface area contributed by atoms with Crippen molar-refractivity contribution in [3.05, 3.63) is 23.5 Å². The largest absolute Gasteiger partial charge is 0.379 e. The zero-order chi connectivity index (χ0) is 15.6. The number of ether oxygens (including phenoxy) is 1. The second-order valence-electron chi connectivity index (χ2n) is 6.19. The Hall–Kier alpha value is -1.44. The van der Waals surface area contributed by atoms with Gasteiger partial charge in [-0.1, -0.05) is 0 Å². The van der Waals surface area contributed by atoms with E-state index in [1.807, 2.05) is 22.2 Å². The molecule has 1 amide bonds. The van der Waals surface area contributed by atoms with E-state index in [1.54, 1.807) is 11.3 Å². The molecule has 1 N–H and O–H groups in total. The van der Waals surface area contributed by atoms with Gasteiger partial charge >= 0.3 is 0 Å². The van der Waals surface area contributed by atoms with E-state index in [-0.39, 0.29) is 11.4 Å². The summed E-state index contributed by atoms with van der Waals surface area (Å²) in [6.07, 6.45) is 4.20. The van der Waals surface area contributed by atoms with Crippen LogP contribution in [0.3, 0.4) is 0 Å². The Labute approximate surface area is 134 Å². The maximum Gasteiger partial charge on any atom is 0.226 e. The normalized spacial score (nSPS) is 17.0. The standard InChI is InChI=1S/C15H22N4O2S/c1-15(2,19-3-6-21-7-4-19)11-16-13(20)9-12-10-18-5-8-22-14(18)17-12/h5,8,10H,3-4,6-7,9,11H2,1-2H3,(H,16,20). The van der Waals surface area contributed by atoms with Crippen molar-refractivity contribution < 1.29 is 9.53 Å². The van der Waals surface area contributed by atoms with Crippen LogP contribution in [-0.4, -0.2) is 58.6 Å². The summed E-state index contributed by atoms with van der Waals surface area (Å²) >= 11 is 1.57. The first-order valence-corrected chi connectivity index (χ1v) is 8.43. The second kappa shape index (κ2) is 6.36. The third-order valence-electron chi connectivity index (χ3n) is 4.07. The number of thiazole rings is 1. The first-order valence-electron chi connectivity index (χ1n) is 7.55. The lowest BCUT2D eigenvalue weighted by atomic mass is 10.0. The second-order valence-corrected chi connectivity index (χ2v) is 7.06. The Bertz CT molecular complexity index is 614. The van der Waals surface area contributed by atoms with Crippen LogP contribution >= 0.6 is 11.3 Å². The van der Waals surface area contributed by atoms with Crippen molar-refractivity contribution in [2.45, 2.75) is 25.8 Å². The number of hydrogen-bond donors (Lipinski definition) is 1. The number of imidazole rings is 1. The third-order valence-corrected chi connectivity index (χ3v) is 4.84. The van der Waals surface area contributed by atoms with Crippen LogP contribution in [0.4, 0.5) is 0 Å². The zero-order valence-corrected chi connectivity index (χ0v) is 13.9. The van der Waals surface area contributed by atoms with E-state index in [2.05, 4.69) is 29.0 Å². The summed E-state index contributed by atoms with van der Waals surface area (Å²) in [6, 6.07) is 0. The third kappa shape index (κ3) is 3.48. The Morgan fingerprint density at radius 1 is 1.45 bits per heavy atom. The Morgan fingerprint density at radius 3 is 2.95 bits per heavy atom. The van der Waals surface area contributed by atoms with E-state index in [0.717, 1.165) is 37.0 Å². The lowest BCUT2D eigenvalue weighted by Gasteiger charge is -2.40. The number of morpholine rings is 1. The van der Waals surface area contributed by atoms with Crippen molar-refractivity contribution in [3.8, 4) is 0 Å². The number of hydrogen-bond acceptors (Lipinski definition) is 5. The van der Waals surface area contributed by atoms with E-state index >= 15 is 0 Å². The minimum Gasteiger partial charge on any atom is -0.379 e. The molecule has 0 radical (unpaired) electrons. The van der Waals surface area contributed by atoms with Crippen molar-refractivity contribution in [2.75, 3.05) is 32.8 Å². The molecule has 120 valence electrons. The molecule has 0 unspecified atom stereocenters. The van der Waals surface area contributed by atoms with Gasteiger partial charge in [-0.05, 0) is 13.8 Å². The topological polar surface area (TPSA) is 58.9 Å². The van der Waals surface area contributed by atoms with Gasteiger partial charge < -0.3 is 10.1 Å². The molecule has 2 aromatic heterocycles. The fourth-order valence-corrected chi connectivity index (χ4v) is 3.40. The Kier molecular flexibility index (Phi) is 4.46. The van der Waals surface area contributed by atoms with Crippen molar-refractivity contribution >= 4 is 22.2 Å². The summed E-state index contributed by atoms with van der Waals surface area (Å²) in [4.78, 5) is 19.9. The minimum absolute atomic E-state index is 0.0205. The SMILES string of the molecule is CC(C)(CNC(=O)Cc1cn2ccsc2n1)N1CCOCC1. The average molecular weight is 322 g/mol. The number of carbonyl (C=O) groups is 1. The molecule has 0 aliphatic carbocycles. The molecule has 1 aliphatic rings. The first-order chi connectivity index (χ1) is 10.5. The predicted octanol–water partition coefficient (Wildman–Crippen LogP) is 1.17. The number of carbonyl (C=O) groups excluding carboxylic acids is 1. The highest BCUT2D eigenvalue weighted by atomic mass is 32.1. The first kappa shape index (κ1) is 15.5. The molecule has 3 heterocycles. The maximum atomic E-state index is 12.1. The van der Waals surface area contributed by atoms with E-state index in [9.17, 15) is 4.79 Å². The highest BCUT2D eigenvalue weighted by Crippen LogP contribution is 2.15. The van der Waals surface area contributed by atoms with Gasteiger partial charge in [-0.15, -0.1) is 11.3 Å². The molecule has 0 spiro atoms. The van der Waals surface area contributed by atoms with Gasteiger partial charge in [0.15, 0.2) is 4.96 Å². The summed E-state index contributed by atoms with van der Waals surface area (Å²) in [6.45, 7) is 8.32. The predicted molar refractivity (Wildman–Crippen MR) is 86.3 cm³/mol. The van der Waals surface area contributed by atoms with Gasteiger partial charge in [0, 0.05) is 42.9 Å². The molecule has 1 aliphatic heterocycles. The van der Waals surface area contributed by atoms with Crippen LogP contribution in [0.25, 0.3) is 4.96 Å². The highest BCUT2D eigenvalue weighted by Gasteiger charge is 2.28. The molecule has 0 bridgehead atoms. The van der Waals surface area contributed by atoms with Gasteiger partial charge in [-0.2, -0.15) is 0 Å².